The zero-order valence-corrected chi connectivity index (χ0v) is 33.3. The quantitative estimate of drug-likeness (QED) is 0.0949. The number of hydrogen-bond acceptors (Lipinski definition) is 9. The Morgan fingerprint density at radius 2 is 1.19 bits per heavy atom. The highest BCUT2D eigenvalue weighted by atomic mass is 35.5. The molecular formula is C37H26Cl5F4N9O3. The van der Waals surface area contributed by atoms with Crippen molar-refractivity contribution in [2.75, 3.05) is 5.32 Å². The second-order valence-electron chi connectivity index (χ2n) is 11.3. The summed E-state index contributed by atoms with van der Waals surface area (Å²) in [7, 11) is 0. The summed E-state index contributed by atoms with van der Waals surface area (Å²) in [4.78, 5) is 51.8. The highest BCUT2D eigenvalue weighted by molar-refractivity contribution is 6.32. The molecule has 0 fully saturated rings. The molecule has 0 aliphatic rings. The van der Waals surface area contributed by atoms with Crippen LogP contribution in [0.2, 0.25) is 26.0 Å². The number of rotatable bonds is 6. The number of aromatic nitrogens is 8. The Morgan fingerprint density at radius 3 is 1.74 bits per heavy atom. The van der Waals surface area contributed by atoms with Gasteiger partial charge in [-0.3, -0.25) is 19.4 Å². The molecule has 7 rings (SSSR count). The summed E-state index contributed by atoms with van der Waals surface area (Å²) in [5.41, 5.74) is 0.764. The number of nitrogens with zero attached hydrogens (tertiary/aromatic N) is 7. The highest BCUT2D eigenvalue weighted by Gasteiger charge is 2.11. The second kappa shape index (κ2) is 21.8. The first kappa shape index (κ1) is 45.1. The van der Waals surface area contributed by atoms with Gasteiger partial charge in [-0.05, 0) is 70.5 Å². The van der Waals surface area contributed by atoms with E-state index >= 15 is 0 Å². The normalized spacial score (nSPS) is 10.2. The fourth-order valence-corrected chi connectivity index (χ4v) is 5.15. The summed E-state index contributed by atoms with van der Waals surface area (Å²) in [6.07, 6.45) is 3.90. The Morgan fingerprint density at radius 1 is 0.638 bits per heavy atom. The van der Waals surface area contributed by atoms with Crippen LogP contribution in [0.5, 0.6) is 0 Å². The van der Waals surface area contributed by atoms with Gasteiger partial charge in [-0.1, -0.05) is 89.9 Å². The molecule has 2 N–H and O–H groups in total. The minimum Gasteiger partial charge on any atom is -0.325 e. The second-order valence-corrected chi connectivity index (χ2v) is 13.1. The van der Waals surface area contributed by atoms with E-state index in [9.17, 15) is 31.9 Å². The molecule has 0 bridgehead atoms. The molecular weight excluding hydrogens is 872 g/mol. The van der Waals surface area contributed by atoms with Gasteiger partial charge in [-0.2, -0.15) is 23.1 Å². The first-order valence-electron chi connectivity index (χ1n) is 16.1. The zero-order valence-electron chi connectivity index (χ0n) is 29.5. The first-order chi connectivity index (χ1) is 27.6. The third-order valence-electron chi connectivity index (χ3n) is 7.16. The predicted molar refractivity (Wildman–Crippen MR) is 214 cm³/mol. The Bertz CT molecular complexity index is 2660. The average Bonchev–Trinajstić information content (AvgIpc) is 3.19. The van der Waals surface area contributed by atoms with E-state index in [4.69, 9.17) is 58.0 Å². The van der Waals surface area contributed by atoms with Gasteiger partial charge in [0.2, 0.25) is 39.3 Å². The van der Waals surface area contributed by atoms with Crippen LogP contribution in [0.25, 0.3) is 0 Å². The molecule has 12 nitrogen and oxygen atoms in total. The molecule has 0 saturated heterocycles. The Balaban J connectivity index is 0.000000187. The van der Waals surface area contributed by atoms with Crippen LogP contribution in [0.15, 0.2) is 118 Å². The number of benzene rings is 3. The van der Waals surface area contributed by atoms with Gasteiger partial charge in [0.25, 0.3) is 5.56 Å². The third-order valence-corrected chi connectivity index (χ3v) is 8.51. The molecule has 4 heterocycles. The van der Waals surface area contributed by atoms with Gasteiger partial charge < -0.3 is 14.5 Å². The van der Waals surface area contributed by atoms with E-state index < -0.39 is 39.9 Å². The van der Waals surface area contributed by atoms with Gasteiger partial charge in [-0.25, -0.2) is 19.3 Å². The number of anilines is 2. The largest absolute Gasteiger partial charge is 0.325 e. The lowest BCUT2D eigenvalue weighted by Crippen LogP contribution is -2.20. The van der Waals surface area contributed by atoms with Gasteiger partial charge in [0.05, 0.1) is 18.9 Å². The molecule has 0 atom stereocenters. The van der Waals surface area contributed by atoms with Gasteiger partial charge in [0.15, 0.2) is 11.0 Å². The molecule has 7 aromatic rings. The summed E-state index contributed by atoms with van der Waals surface area (Å²) < 4.78 is 53.9. The van der Waals surface area contributed by atoms with E-state index in [1.54, 1.807) is 16.7 Å². The molecule has 0 unspecified atom stereocenters. The summed E-state index contributed by atoms with van der Waals surface area (Å²) in [5, 5.41) is 3.23. The van der Waals surface area contributed by atoms with Crippen molar-refractivity contribution in [3.05, 3.63) is 201 Å². The molecule has 4 aromatic heterocycles. The van der Waals surface area contributed by atoms with Crippen LogP contribution < -0.4 is 22.0 Å². The van der Waals surface area contributed by atoms with E-state index in [0.717, 1.165) is 41.5 Å². The Kier molecular flexibility index (Phi) is 16.9. The molecule has 58 heavy (non-hydrogen) atoms. The SMILES string of the molecule is Cc1c(Cl)cccc1Nc1nc(=O)c(F)cn1Cc1ccccc1.Fc1cnc(Cl)nc1Cl.O=c1[nH]c(Cl)ncc1F.O=c1nc(Cl)n(Cc2ccccc2)cc1F. The number of nitrogens with one attached hydrogen (secondary N) is 2. The zero-order chi connectivity index (χ0) is 42.4. The lowest BCUT2D eigenvalue weighted by Gasteiger charge is -2.15. The van der Waals surface area contributed by atoms with Crippen molar-refractivity contribution < 1.29 is 17.6 Å². The van der Waals surface area contributed by atoms with Crippen molar-refractivity contribution in [3.63, 3.8) is 0 Å². The molecule has 0 radical (unpaired) electrons. The molecule has 0 aliphatic carbocycles. The predicted octanol–water partition coefficient (Wildman–Crippen LogP) is 8.71. The molecule has 0 amide bonds. The number of hydrogen-bond donors (Lipinski definition) is 2. The van der Waals surface area contributed by atoms with Crippen LogP contribution in [0, 0.1) is 30.2 Å². The van der Waals surface area contributed by atoms with Crippen LogP contribution >= 0.6 is 58.0 Å². The molecule has 3 aromatic carbocycles. The van der Waals surface area contributed by atoms with E-state index in [2.05, 4.69) is 30.2 Å². The maximum atomic E-state index is 13.7. The lowest BCUT2D eigenvalue weighted by molar-refractivity contribution is 0.576. The van der Waals surface area contributed by atoms with Gasteiger partial charge in [0.1, 0.15) is 0 Å². The monoisotopic (exact) mass is 895 g/mol. The van der Waals surface area contributed by atoms with Gasteiger partial charge in [-0.15, -0.1) is 0 Å². The molecule has 21 heteroatoms. The maximum Gasteiger partial charge on any atom is 0.310 e. The van der Waals surface area contributed by atoms with Gasteiger partial charge >= 0.3 is 11.1 Å². The van der Waals surface area contributed by atoms with Crippen LogP contribution in [-0.2, 0) is 13.1 Å². The Hall–Kier alpha value is -5.65. The standard InChI is InChI=1S/C18H15ClFN3O.C11H8ClFN2O.C4HCl2FN2.C4H2ClFN2O/c1-12-14(19)8-5-9-16(12)21-18-22-17(24)15(20)11-23(18)10-13-6-3-2-4-7-13;12-11-14-10(16)9(13)7-15(11)6-8-4-2-1-3-5-8;5-3-2(7)1-8-4(6)9-3;5-4-7-1-2(6)3(9)8-4/h2-9,11H,10H2,1H3,(H,21,22,24);1-5,7H,6H2;1H;1H,(H,7,8,9). The van der Waals surface area contributed by atoms with Crippen LogP contribution in [0.4, 0.5) is 29.2 Å². The van der Waals surface area contributed by atoms with Crippen LogP contribution in [0.1, 0.15) is 16.7 Å². The Labute approximate surface area is 350 Å². The molecule has 0 saturated carbocycles. The number of aromatic amines is 1. The average molecular weight is 898 g/mol. The number of halogens is 9. The number of H-pyrrole nitrogens is 1. The third kappa shape index (κ3) is 13.8. The topological polar surface area (TPSA) is 153 Å². The van der Waals surface area contributed by atoms with E-state index in [0.29, 0.717) is 23.8 Å². The minimum absolute atomic E-state index is 0.0183. The molecule has 0 aliphatic heterocycles. The molecule has 300 valence electrons. The van der Waals surface area contributed by atoms with Crippen molar-refractivity contribution in [3.8, 4) is 0 Å². The maximum absolute atomic E-state index is 13.7. The first-order valence-corrected chi connectivity index (χ1v) is 18.0. The van der Waals surface area contributed by atoms with E-state index in [1.165, 1.54) is 4.57 Å². The lowest BCUT2D eigenvalue weighted by atomic mass is 10.2. The summed E-state index contributed by atoms with van der Waals surface area (Å²) in [6, 6.07) is 24.3. The van der Waals surface area contributed by atoms with Crippen molar-refractivity contribution in [2.45, 2.75) is 20.0 Å². The fourth-order valence-electron chi connectivity index (χ4n) is 4.35. The van der Waals surface area contributed by atoms with Crippen molar-refractivity contribution in [1.82, 2.24) is 39.0 Å². The van der Waals surface area contributed by atoms with Crippen LogP contribution in [-0.4, -0.2) is 39.0 Å². The van der Waals surface area contributed by atoms with Crippen molar-refractivity contribution in [2.24, 2.45) is 0 Å². The van der Waals surface area contributed by atoms with Gasteiger partial charge in [0, 0.05) is 29.6 Å². The van der Waals surface area contributed by atoms with E-state index in [-0.39, 0.29) is 27.0 Å². The summed E-state index contributed by atoms with van der Waals surface area (Å²) in [6.45, 7) is 2.62. The van der Waals surface area contributed by atoms with Crippen molar-refractivity contribution >= 4 is 69.6 Å². The fraction of sp³-hybridized carbons (Fsp3) is 0.0811. The van der Waals surface area contributed by atoms with Crippen molar-refractivity contribution in [1.29, 1.82) is 0 Å². The summed E-state index contributed by atoms with van der Waals surface area (Å²) in [5.74, 6) is -3.13. The smallest absolute Gasteiger partial charge is 0.310 e. The minimum atomic E-state index is -0.936. The summed E-state index contributed by atoms with van der Waals surface area (Å²) >= 11 is 27.5. The van der Waals surface area contributed by atoms with E-state index in [1.807, 2.05) is 78.6 Å². The molecule has 0 spiro atoms. The van der Waals surface area contributed by atoms with Crippen LogP contribution in [0.3, 0.4) is 0 Å². The highest BCUT2D eigenvalue weighted by Crippen LogP contribution is 2.25.